The Bertz CT molecular complexity index is 623. The molecule has 1 atom stereocenters. The van der Waals surface area contributed by atoms with Gasteiger partial charge in [0, 0.05) is 43.9 Å². The third kappa shape index (κ3) is 4.12. The average Bonchev–Trinajstić information content (AvgIpc) is 3.24. The minimum Gasteiger partial charge on any atom is -0.479 e. The van der Waals surface area contributed by atoms with E-state index in [0.717, 1.165) is 38.0 Å². The lowest BCUT2D eigenvalue weighted by molar-refractivity contribution is -0.133. The molecule has 1 aliphatic rings. The van der Waals surface area contributed by atoms with Gasteiger partial charge < -0.3 is 14.2 Å². The number of piperidine rings is 1. The number of aromatic amines is 1. The quantitative estimate of drug-likeness (QED) is 0.878. The van der Waals surface area contributed by atoms with Crippen LogP contribution in [0.3, 0.4) is 0 Å². The van der Waals surface area contributed by atoms with Gasteiger partial charge in [-0.2, -0.15) is 5.10 Å². The number of rotatable bonds is 6. The lowest BCUT2D eigenvalue weighted by Gasteiger charge is -2.32. The second kappa shape index (κ2) is 7.30. The van der Waals surface area contributed by atoms with Crippen LogP contribution in [0.25, 0.3) is 0 Å². The molecular weight excluding hydrogens is 296 g/mol. The van der Waals surface area contributed by atoms with Crippen LogP contribution < -0.4 is 4.74 Å². The van der Waals surface area contributed by atoms with Crippen molar-refractivity contribution >= 4 is 5.91 Å². The van der Waals surface area contributed by atoms with E-state index in [2.05, 4.69) is 15.4 Å². The summed E-state index contributed by atoms with van der Waals surface area (Å²) in [5.41, 5.74) is 1.14. The van der Waals surface area contributed by atoms with Crippen molar-refractivity contribution < 1.29 is 14.1 Å². The summed E-state index contributed by atoms with van der Waals surface area (Å²) in [5, 5.41) is 10.7. The van der Waals surface area contributed by atoms with Crippen LogP contribution in [0, 0.1) is 5.92 Å². The Kier molecular flexibility index (Phi) is 4.95. The minimum atomic E-state index is 0.176. The van der Waals surface area contributed by atoms with Crippen molar-refractivity contribution in [2.24, 2.45) is 5.92 Å². The van der Waals surface area contributed by atoms with Crippen LogP contribution in [0.1, 0.15) is 30.7 Å². The van der Waals surface area contributed by atoms with Crippen molar-refractivity contribution in [3.05, 3.63) is 29.8 Å². The highest BCUT2D eigenvalue weighted by Crippen LogP contribution is 2.21. The van der Waals surface area contributed by atoms with Crippen LogP contribution >= 0.6 is 0 Å². The third-order valence-corrected chi connectivity index (χ3v) is 4.27. The van der Waals surface area contributed by atoms with Crippen LogP contribution in [0.5, 0.6) is 5.88 Å². The zero-order chi connectivity index (χ0) is 16.1. The maximum Gasteiger partial charge on any atom is 0.254 e. The number of carbonyl (C=O) groups excluding carboxylic acids is 1. The Morgan fingerprint density at radius 3 is 3.22 bits per heavy atom. The van der Waals surface area contributed by atoms with Gasteiger partial charge in [-0.05, 0) is 36.4 Å². The standard InChI is InChI=1S/C16H22N4O3/c1-22-15-10-14(23-19-15)4-5-16(21)20-8-2-3-12(11-20)9-13-6-7-17-18-13/h6-7,10,12H,2-5,8-9,11H2,1H3,(H,17,18). The van der Waals surface area contributed by atoms with Gasteiger partial charge in [-0.3, -0.25) is 9.89 Å². The maximum atomic E-state index is 12.4. The van der Waals surface area contributed by atoms with Crippen LogP contribution in [0.15, 0.2) is 22.9 Å². The Hall–Kier alpha value is -2.31. The van der Waals surface area contributed by atoms with Crippen molar-refractivity contribution in [3.8, 4) is 5.88 Å². The average molecular weight is 318 g/mol. The zero-order valence-corrected chi connectivity index (χ0v) is 13.3. The topological polar surface area (TPSA) is 84.2 Å². The fourth-order valence-corrected chi connectivity index (χ4v) is 3.06. The summed E-state index contributed by atoms with van der Waals surface area (Å²) in [6, 6.07) is 3.72. The number of ether oxygens (including phenoxy) is 1. The molecule has 1 fully saturated rings. The van der Waals surface area contributed by atoms with E-state index in [4.69, 9.17) is 9.26 Å². The number of likely N-dealkylation sites (tertiary alicyclic amines) is 1. The lowest BCUT2D eigenvalue weighted by atomic mass is 9.93. The van der Waals surface area contributed by atoms with E-state index in [-0.39, 0.29) is 5.91 Å². The normalized spacial score (nSPS) is 18.1. The van der Waals surface area contributed by atoms with Crippen LogP contribution in [0.2, 0.25) is 0 Å². The van der Waals surface area contributed by atoms with Crippen molar-refractivity contribution in [2.75, 3.05) is 20.2 Å². The highest BCUT2D eigenvalue weighted by Gasteiger charge is 2.24. The van der Waals surface area contributed by atoms with Crippen LogP contribution in [-0.4, -0.2) is 46.4 Å². The highest BCUT2D eigenvalue weighted by molar-refractivity contribution is 5.76. The summed E-state index contributed by atoms with van der Waals surface area (Å²) in [4.78, 5) is 14.4. The second-order valence-corrected chi connectivity index (χ2v) is 5.97. The number of nitrogens with zero attached hydrogens (tertiary/aromatic N) is 3. The zero-order valence-electron chi connectivity index (χ0n) is 13.3. The molecule has 124 valence electrons. The number of aromatic nitrogens is 3. The number of H-pyrrole nitrogens is 1. The van der Waals surface area contributed by atoms with E-state index < -0.39 is 0 Å². The van der Waals surface area contributed by atoms with Gasteiger partial charge in [-0.15, -0.1) is 0 Å². The fourth-order valence-electron chi connectivity index (χ4n) is 3.06. The van der Waals surface area contributed by atoms with Gasteiger partial charge >= 0.3 is 0 Å². The van der Waals surface area contributed by atoms with E-state index in [1.54, 1.807) is 19.4 Å². The Morgan fingerprint density at radius 1 is 1.57 bits per heavy atom. The number of amides is 1. The molecule has 0 bridgehead atoms. The van der Waals surface area contributed by atoms with Crippen LogP contribution in [0.4, 0.5) is 0 Å². The molecule has 0 saturated carbocycles. The third-order valence-electron chi connectivity index (χ3n) is 4.27. The molecule has 3 heterocycles. The van der Waals surface area contributed by atoms with Crippen molar-refractivity contribution in [3.63, 3.8) is 0 Å². The first-order chi connectivity index (χ1) is 11.2. The van der Waals surface area contributed by atoms with Gasteiger partial charge in [0.2, 0.25) is 5.91 Å². The molecule has 0 aliphatic carbocycles. The van der Waals surface area contributed by atoms with Gasteiger partial charge in [-0.25, -0.2) is 0 Å². The second-order valence-electron chi connectivity index (χ2n) is 5.97. The maximum absolute atomic E-state index is 12.4. The molecule has 1 N–H and O–H groups in total. The SMILES string of the molecule is COc1cc(CCC(=O)N2CCCC(Cc3ccn[nH]3)C2)on1. The van der Waals surface area contributed by atoms with E-state index >= 15 is 0 Å². The first kappa shape index (κ1) is 15.6. The van der Waals surface area contributed by atoms with E-state index in [0.29, 0.717) is 30.4 Å². The number of methoxy groups -OCH3 is 1. The molecule has 1 aliphatic heterocycles. The molecule has 2 aromatic rings. The summed E-state index contributed by atoms with van der Waals surface area (Å²) in [6.45, 7) is 1.66. The summed E-state index contributed by atoms with van der Waals surface area (Å²) in [7, 11) is 1.54. The number of nitrogens with one attached hydrogen (secondary N) is 1. The molecule has 0 spiro atoms. The number of aryl methyl sites for hydroxylation is 1. The molecule has 23 heavy (non-hydrogen) atoms. The molecule has 2 aromatic heterocycles. The molecule has 7 nitrogen and oxygen atoms in total. The molecule has 7 heteroatoms. The summed E-state index contributed by atoms with van der Waals surface area (Å²) in [6.07, 6.45) is 5.92. The smallest absolute Gasteiger partial charge is 0.254 e. The first-order valence-electron chi connectivity index (χ1n) is 8.00. The Morgan fingerprint density at radius 2 is 2.48 bits per heavy atom. The predicted molar refractivity (Wildman–Crippen MR) is 83.0 cm³/mol. The fraction of sp³-hybridized carbons (Fsp3) is 0.562. The Labute approximate surface area is 135 Å². The predicted octanol–water partition coefficient (Wildman–Crippen LogP) is 1.82. The molecule has 0 aromatic carbocycles. The number of carbonyl (C=O) groups is 1. The van der Waals surface area contributed by atoms with Gasteiger partial charge in [0.05, 0.1) is 7.11 Å². The van der Waals surface area contributed by atoms with Gasteiger partial charge in [0.25, 0.3) is 5.88 Å². The minimum absolute atomic E-state index is 0.176. The van der Waals surface area contributed by atoms with E-state index in [9.17, 15) is 4.79 Å². The Balaban J connectivity index is 1.48. The van der Waals surface area contributed by atoms with Crippen molar-refractivity contribution in [2.45, 2.75) is 32.1 Å². The summed E-state index contributed by atoms with van der Waals surface area (Å²) < 4.78 is 10.1. The molecule has 1 saturated heterocycles. The largest absolute Gasteiger partial charge is 0.479 e. The first-order valence-corrected chi connectivity index (χ1v) is 8.00. The monoisotopic (exact) mass is 318 g/mol. The summed E-state index contributed by atoms with van der Waals surface area (Å²) in [5.74, 6) is 1.81. The molecule has 0 radical (unpaired) electrons. The number of hydrogen-bond donors (Lipinski definition) is 1. The molecule has 1 amide bonds. The molecular formula is C16H22N4O3. The van der Waals surface area contributed by atoms with Crippen molar-refractivity contribution in [1.29, 1.82) is 0 Å². The van der Waals surface area contributed by atoms with Gasteiger partial charge in [-0.1, -0.05) is 0 Å². The van der Waals surface area contributed by atoms with Crippen LogP contribution in [-0.2, 0) is 17.6 Å². The van der Waals surface area contributed by atoms with Crippen molar-refractivity contribution in [1.82, 2.24) is 20.3 Å². The van der Waals surface area contributed by atoms with E-state index in [1.165, 1.54) is 0 Å². The van der Waals surface area contributed by atoms with E-state index in [1.807, 2.05) is 11.0 Å². The van der Waals surface area contributed by atoms with Gasteiger partial charge in [0.1, 0.15) is 5.76 Å². The number of hydrogen-bond acceptors (Lipinski definition) is 5. The highest BCUT2D eigenvalue weighted by atomic mass is 16.5. The molecule has 3 rings (SSSR count). The molecule has 1 unspecified atom stereocenters. The summed E-state index contributed by atoms with van der Waals surface area (Å²) >= 11 is 0. The van der Waals surface area contributed by atoms with Gasteiger partial charge in [0.15, 0.2) is 0 Å². The lowest BCUT2D eigenvalue weighted by Crippen LogP contribution is -2.40.